The molecule has 2 aromatic rings. The first-order valence-corrected chi connectivity index (χ1v) is 7.29. The van der Waals surface area contributed by atoms with Crippen molar-refractivity contribution in [2.24, 2.45) is 0 Å². The van der Waals surface area contributed by atoms with Crippen molar-refractivity contribution in [3.8, 4) is 5.75 Å². The molecule has 112 valence electrons. The van der Waals surface area contributed by atoms with Crippen LogP contribution >= 0.6 is 11.6 Å². The predicted octanol–water partition coefficient (Wildman–Crippen LogP) is 4.38. The van der Waals surface area contributed by atoms with Gasteiger partial charge >= 0.3 is 0 Å². The Hall–Kier alpha value is -1.58. The minimum Gasteiger partial charge on any atom is -0.494 e. The fourth-order valence-electron chi connectivity index (χ4n) is 2.15. The lowest BCUT2D eigenvalue weighted by molar-refractivity contribution is 0.385. The summed E-state index contributed by atoms with van der Waals surface area (Å²) < 4.78 is 18.6. The molecule has 0 spiro atoms. The Morgan fingerprint density at radius 2 is 1.90 bits per heavy atom. The van der Waals surface area contributed by atoms with Crippen LogP contribution in [0.4, 0.5) is 4.39 Å². The standard InChI is InChI=1S/C17H19ClFNO/c1-12(14-5-8-17(21-2)16(19)11-14)20-10-9-13-3-6-15(18)7-4-13/h3-8,11-12,20H,9-10H2,1-2H3. The lowest BCUT2D eigenvalue weighted by Gasteiger charge is -2.15. The van der Waals surface area contributed by atoms with E-state index in [1.807, 2.05) is 37.3 Å². The van der Waals surface area contributed by atoms with Crippen LogP contribution in [0.15, 0.2) is 42.5 Å². The van der Waals surface area contributed by atoms with Crippen molar-refractivity contribution in [3.05, 3.63) is 64.4 Å². The maximum absolute atomic E-state index is 13.7. The second-order valence-electron chi connectivity index (χ2n) is 4.95. The van der Waals surface area contributed by atoms with Gasteiger partial charge < -0.3 is 10.1 Å². The van der Waals surface area contributed by atoms with Gasteiger partial charge in [-0.3, -0.25) is 0 Å². The van der Waals surface area contributed by atoms with Gasteiger partial charge in [-0.15, -0.1) is 0 Å². The van der Waals surface area contributed by atoms with E-state index >= 15 is 0 Å². The molecule has 1 unspecified atom stereocenters. The number of hydrogen-bond donors (Lipinski definition) is 1. The lowest BCUT2D eigenvalue weighted by atomic mass is 10.1. The molecule has 0 amide bonds. The van der Waals surface area contributed by atoms with Crippen molar-refractivity contribution in [1.82, 2.24) is 5.32 Å². The lowest BCUT2D eigenvalue weighted by Crippen LogP contribution is -2.21. The molecule has 0 aliphatic heterocycles. The van der Waals surface area contributed by atoms with Crippen molar-refractivity contribution < 1.29 is 9.13 Å². The monoisotopic (exact) mass is 307 g/mol. The van der Waals surface area contributed by atoms with Crippen LogP contribution in [0.5, 0.6) is 5.75 Å². The molecule has 1 atom stereocenters. The fourth-order valence-corrected chi connectivity index (χ4v) is 2.28. The van der Waals surface area contributed by atoms with E-state index in [1.54, 1.807) is 6.07 Å². The minimum absolute atomic E-state index is 0.0812. The van der Waals surface area contributed by atoms with Crippen LogP contribution in [0.1, 0.15) is 24.1 Å². The van der Waals surface area contributed by atoms with Gasteiger partial charge in [-0.1, -0.05) is 29.8 Å². The van der Waals surface area contributed by atoms with Crippen molar-refractivity contribution in [3.63, 3.8) is 0 Å². The maximum Gasteiger partial charge on any atom is 0.165 e. The molecule has 2 rings (SSSR count). The highest BCUT2D eigenvalue weighted by Gasteiger charge is 2.09. The van der Waals surface area contributed by atoms with Gasteiger partial charge in [-0.05, 0) is 55.3 Å². The summed E-state index contributed by atoms with van der Waals surface area (Å²) in [4.78, 5) is 0. The van der Waals surface area contributed by atoms with E-state index in [4.69, 9.17) is 16.3 Å². The number of rotatable bonds is 6. The first-order chi connectivity index (χ1) is 10.1. The largest absolute Gasteiger partial charge is 0.494 e. The summed E-state index contributed by atoms with van der Waals surface area (Å²) in [5.74, 6) is -0.0616. The minimum atomic E-state index is -0.332. The normalized spacial score (nSPS) is 12.2. The topological polar surface area (TPSA) is 21.3 Å². The Bertz CT molecular complexity index is 586. The zero-order valence-corrected chi connectivity index (χ0v) is 13.0. The maximum atomic E-state index is 13.7. The van der Waals surface area contributed by atoms with E-state index in [-0.39, 0.29) is 17.6 Å². The first-order valence-electron chi connectivity index (χ1n) is 6.91. The molecule has 0 aliphatic carbocycles. The van der Waals surface area contributed by atoms with Crippen molar-refractivity contribution >= 4 is 11.6 Å². The van der Waals surface area contributed by atoms with E-state index in [9.17, 15) is 4.39 Å². The second-order valence-corrected chi connectivity index (χ2v) is 5.38. The van der Waals surface area contributed by atoms with Gasteiger partial charge in [-0.2, -0.15) is 0 Å². The summed E-state index contributed by atoms with van der Waals surface area (Å²) in [7, 11) is 1.46. The highest BCUT2D eigenvalue weighted by molar-refractivity contribution is 6.30. The van der Waals surface area contributed by atoms with Crippen molar-refractivity contribution in [1.29, 1.82) is 0 Å². The van der Waals surface area contributed by atoms with Crippen LogP contribution in [0.3, 0.4) is 0 Å². The van der Waals surface area contributed by atoms with Crippen LogP contribution in [-0.2, 0) is 6.42 Å². The molecule has 0 saturated heterocycles. The van der Waals surface area contributed by atoms with Crippen LogP contribution in [0, 0.1) is 5.82 Å². The zero-order valence-electron chi connectivity index (χ0n) is 12.2. The Kier molecular flexibility index (Phi) is 5.59. The predicted molar refractivity (Wildman–Crippen MR) is 84.5 cm³/mol. The summed E-state index contributed by atoms with van der Waals surface area (Å²) >= 11 is 5.85. The molecule has 4 heteroatoms. The third-order valence-corrected chi connectivity index (χ3v) is 3.71. The summed E-state index contributed by atoms with van der Waals surface area (Å²) in [5.41, 5.74) is 2.13. The molecule has 0 fully saturated rings. The van der Waals surface area contributed by atoms with Gasteiger partial charge in [-0.25, -0.2) is 4.39 Å². The van der Waals surface area contributed by atoms with Crippen LogP contribution < -0.4 is 10.1 Å². The van der Waals surface area contributed by atoms with E-state index < -0.39 is 0 Å². The number of benzene rings is 2. The van der Waals surface area contributed by atoms with E-state index in [1.165, 1.54) is 18.7 Å². The molecular weight excluding hydrogens is 289 g/mol. The second kappa shape index (κ2) is 7.43. The van der Waals surface area contributed by atoms with E-state index in [0.29, 0.717) is 0 Å². The third-order valence-electron chi connectivity index (χ3n) is 3.45. The van der Waals surface area contributed by atoms with Gasteiger partial charge in [0.1, 0.15) is 0 Å². The molecule has 0 heterocycles. The molecule has 2 aromatic carbocycles. The number of methoxy groups -OCH3 is 1. The fraction of sp³-hybridized carbons (Fsp3) is 0.294. The smallest absolute Gasteiger partial charge is 0.165 e. The highest BCUT2D eigenvalue weighted by atomic mass is 35.5. The molecule has 21 heavy (non-hydrogen) atoms. The zero-order chi connectivity index (χ0) is 15.2. The molecule has 0 aliphatic rings. The average Bonchev–Trinajstić information content (AvgIpc) is 2.49. The Morgan fingerprint density at radius 1 is 1.19 bits per heavy atom. The number of halogens is 2. The highest BCUT2D eigenvalue weighted by Crippen LogP contribution is 2.21. The van der Waals surface area contributed by atoms with Crippen LogP contribution in [0.25, 0.3) is 0 Å². The van der Waals surface area contributed by atoms with Gasteiger partial charge in [0, 0.05) is 11.1 Å². The van der Waals surface area contributed by atoms with E-state index in [2.05, 4.69) is 5.32 Å². The van der Waals surface area contributed by atoms with Gasteiger partial charge in [0.25, 0.3) is 0 Å². The molecule has 0 radical (unpaired) electrons. The molecule has 1 N–H and O–H groups in total. The average molecular weight is 308 g/mol. The summed E-state index contributed by atoms with van der Waals surface area (Å²) in [5, 5.41) is 4.13. The molecular formula is C17H19ClFNO. The summed E-state index contributed by atoms with van der Waals surface area (Å²) in [6, 6.07) is 12.9. The quantitative estimate of drug-likeness (QED) is 0.855. The van der Waals surface area contributed by atoms with Crippen LogP contribution in [0.2, 0.25) is 5.02 Å². The number of ether oxygens (including phenoxy) is 1. The van der Waals surface area contributed by atoms with Crippen LogP contribution in [-0.4, -0.2) is 13.7 Å². The Labute approximate surface area is 129 Å². The first kappa shape index (κ1) is 15.8. The Morgan fingerprint density at radius 3 is 2.52 bits per heavy atom. The molecule has 0 saturated carbocycles. The van der Waals surface area contributed by atoms with E-state index in [0.717, 1.165) is 23.6 Å². The SMILES string of the molecule is COc1ccc(C(C)NCCc2ccc(Cl)cc2)cc1F. The van der Waals surface area contributed by atoms with Gasteiger partial charge in [0.05, 0.1) is 7.11 Å². The summed E-state index contributed by atoms with van der Waals surface area (Å²) in [6.07, 6.45) is 0.903. The van der Waals surface area contributed by atoms with Crippen molar-refractivity contribution in [2.75, 3.05) is 13.7 Å². The summed E-state index contributed by atoms with van der Waals surface area (Å²) in [6.45, 7) is 2.83. The number of nitrogens with one attached hydrogen (secondary N) is 1. The molecule has 0 bridgehead atoms. The van der Waals surface area contributed by atoms with Gasteiger partial charge in [0.15, 0.2) is 11.6 Å². The Balaban J connectivity index is 1.88. The van der Waals surface area contributed by atoms with Gasteiger partial charge in [0.2, 0.25) is 0 Å². The third kappa shape index (κ3) is 4.45. The van der Waals surface area contributed by atoms with Crippen molar-refractivity contribution in [2.45, 2.75) is 19.4 Å². The molecule has 0 aromatic heterocycles. The molecule has 2 nitrogen and oxygen atoms in total. The number of hydrogen-bond acceptors (Lipinski definition) is 2.